The quantitative estimate of drug-likeness (QED) is 0.621. The molecule has 0 spiro atoms. The Kier molecular flexibility index (Phi) is 2.96. The molecule has 0 aliphatic carbocycles. The van der Waals surface area contributed by atoms with Crippen LogP contribution in [0.15, 0.2) is 42.6 Å². The fraction of sp³-hybridized carbons (Fsp3) is 0. The van der Waals surface area contributed by atoms with Crippen LogP contribution in [0.3, 0.4) is 0 Å². The molecule has 12 heavy (non-hydrogen) atoms. The molecule has 0 atom stereocenters. The molecule has 0 aromatic carbocycles. The molecule has 0 aliphatic heterocycles. The molecule has 0 fully saturated rings. The second kappa shape index (κ2) is 4.23. The maximum Gasteiger partial charge on any atom is 0.0886 e. The second-order valence-corrected chi connectivity index (χ2v) is 2.13. The molecule has 0 bridgehead atoms. The van der Waals surface area contributed by atoms with E-state index in [0.29, 0.717) is 0 Å². The molecule has 60 valence electrons. The molecule has 0 radical (unpaired) electrons. The highest BCUT2D eigenvalue weighted by molar-refractivity contribution is 5.75. The summed E-state index contributed by atoms with van der Waals surface area (Å²) in [6.07, 6.45) is 6.64. The van der Waals surface area contributed by atoms with Gasteiger partial charge in [0, 0.05) is 12.4 Å². The van der Waals surface area contributed by atoms with Crippen molar-refractivity contribution < 1.29 is 0 Å². The second-order valence-electron chi connectivity index (χ2n) is 2.13. The number of rotatable bonds is 3. The zero-order valence-electron chi connectivity index (χ0n) is 6.77. The summed E-state index contributed by atoms with van der Waals surface area (Å²) in [5, 5.41) is 0. The van der Waals surface area contributed by atoms with Gasteiger partial charge in [-0.25, -0.2) is 0 Å². The summed E-state index contributed by atoms with van der Waals surface area (Å²) in [6.45, 7) is 7.17. The molecule has 0 N–H and O–H groups in total. The van der Waals surface area contributed by atoms with E-state index in [1.54, 1.807) is 24.6 Å². The normalized spacial score (nSPS) is 10.0. The largest absolute Gasteiger partial charge is 0.255 e. The minimum atomic E-state index is 0.788. The van der Waals surface area contributed by atoms with Crippen molar-refractivity contribution in [3.8, 4) is 0 Å². The van der Waals surface area contributed by atoms with Gasteiger partial charge >= 0.3 is 0 Å². The van der Waals surface area contributed by atoms with Crippen LogP contribution in [0.5, 0.6) is 0 Å². The monoisotopic (exact) mass is 158 g/mol. The minimum absolute atomic E-state index is 0.788. The molecule has 2 nitrogen and oxygen atoms in total. The highest BCUT2D eigenvalue weighted by Crippen LogP contribution is 2.15. The van der Waals surface area contributed by atoms with Gasteiger partial charge in [-0.2, -0.15) is 0 Å². The van der Waals surface area contributed by atoms with E-state index < -0.39 is 0 Å². The predicted molar refractivity (Wildman–Crippen MR) is 52.7 cm³/mol. The van der Waals surface area contributed by atoms with Gasteiger partial charge < -0.3 is 0 Å². The van der Waals surface area contributed by atoms with Crippen molar-refractivity contribution in [1.82, 2.24) is 4.98 Å². The van der Waals surface area contributed by atoms with Gasteiger partial charge in [0.2, 0.25) is 0 Å². The van der Waals surface area contributed by atoms with Crippen molar-refractivity contribution in [2.24, 2.45) is 4.99 Å². The summed E-state index contributed by atoms with van der Waals surface area (Å²) in [4.78, 5) is 8.20. The summed E-state index contributed by atoms with van der Waals surface area (Å²) in [6, 6.07) is 3.72. The van der Waals surface area contributed by atoms with Crippen molar-refractivity contribution in [3.05, 3.63) is 43.3 Å². The van der Waals surface area contributed by atoms with E-state index in [0.717, 1.165) is 11.4 Å². The van der Waals surface area contributed by atoms with Gasteiger partial charge in [0.25, 0.3) is 0 Å². The standard InChI is InChI=1S/C10H10N2/c1-3-7-11-10-6-5-8-12-9(10)4-2/h3-8H,1-2H2/b11-7-. The molecule has 1 aromatic rings. The van der Waals surface area contributed by atoms with E-state index in [9.17, 15) is 0 Å². The Hall–Kier alpha value is -1.70. The lowest BCUT2D eigenvalue weighted by atomic mass is 10.3. The van der Waals surface area contributed by atoms with E-state index in [2.05, 4.69) is 23.1 Å². The van der Waals surface area contributed by atoms with Crippen molar-refractivity contribution in [2.75, 3.05) is 0 Å². The first-order chi connectivity index (χ1) is 5.88. The third-order valence-electron chi connectivity index (χ3n) is 1.33. The zero-order valence-corrected chi connectivity index (χ0v) is 6.77. The number of aliphatic imine (C=N–C) groups is 1. The Morgan fingerprint density at radius 2 is 2.25 bits per heavy atom. The van der Waals surface area contributed by atoms with E-state index in [4.69, 9.17) is 0 Å². The van der Waals surface area contributed by atoms with Crippen LogP contribution in [-0.2, 0) is 0 Å². The Bertz CT molecular complexity index is 313. The van der Waals surface area contributed by atoms with Crippen LogP contribution < -0.4 is 0 Å². The molecule has 0 saturated heterocycles. The zero-order chi connectivity index (χ0) is 8.81. The van der Waals surface area contributed by atoms with Crippen LogP contribution >= 0.6 is 0 Å². The van der Waals surface area contributed by atoms with Crippen molar-refractivity contribution in [3.63, 3.8) is 0 Å². The van der Waals surface area contributed by atoms with Gasteiger partial charge in [0.1, 0.15) is 0 Å². The van der Waals surface area contributed by atoms with Gasteiger partial charge in [-0.3, -0.25) is 9.98 Å². The van der Waals surface area contributed by atoms with Crippen LogP contribution in [-0.4, -0.2) is 11.2 Å². The van der Waals surface area contributed by atoms with Gasteiger partial charge in [-0.1, -0.05) is 19.2 Å². The topological polar surface area (TPSA) is 25.2 Å². The summed E-state index contributed by atoms with van der Waals surface area (Å²) in [5.41, 5.74) is 1.60. The SMILES string of the molecule is C=C/C=N\c1cccnc1C=C. The van der Waals surface area contributed by atoms with Crippen molar-refractivity contribution in [1.29, 1.82) is 0 Å². The van der Waals surface area contributed by atoms with Crippen LogP contribution in [0, 0.1) is 0 Å². The molecule has 1 heterocycles. The first kappa shape index (κ1) is 8.40. The third kappa shape index (κ3) is 1.89. The Morgan fingerprint density at radius 1 is 1.42 bits per heavy atom. The molecule has 1 rings (SSSR count). The lowest BCUT2D eigenvalue weighted by molar-refractivity contribution is 1.28. The molecule has 0 saturated carbocycles. The number of allylic oxidation sites excluding steroid dienone is 1. The maximum absolute atomic E-state index is 4.12. The average molecular weight is 158 g/mol. The van der Waals surface area contributed by atoms with Crippen LogP contribution in [0.4, 0.5) is 5.69 Å². The van der Waals surface area contributed by atoms with Gasteiger partial charge in [0.05, 0.1) is 11.4 Å². The number of aromatic nitrogens is 1. The first-order valence-corrected chi connectivity index (χ1v) is 3.61. The van der Waals surface area contributed by atoms with Crippen LogP contribution in [0.1, 0.15) is 5.69 Å². The van der Waals surface area contributed by atoms with Gasteiger partial charge in [0.15, 0.2) is 0 Å². The lowest BCUT2D eigenvalue weighted by Crippen LogP contribution is -1.79. The van der Waals surface area contributed by atoms with E-state index in [-0.39, 0.29) is 0 Å². The number of pyridine rings is 1. The first-order valence-electron chi connectivity index (χ1n) is 3.61. The maximum atomic E-state index is 4.12. The molecule has 0 unspecified atom stereocenters. The van der Waals surface area contributed by atoms with E-state index in [1.807, 2.05) is 12.1 Å². The Labute approximate surface area is 72.0 Å². The fourth-order valence-corrected chi connectivity index (χ4v) is 0.808. The van der Waals surface area contributed by atoms with Crippen LogP contribution in [0.25, 0.3) is 6.08 Å². The smallest absolute Gasteiger partial charge is 0.0886 e. The van der Waals surface area contributed by atoms with E-state index in [1.165, 1.54) is 0 Å². The van der Waals surface area contributed by atoms with Crippen molar-refractivity contribution in [2.45, 2.75) is 0 Å². The highest BCUT2D eigenvalue weighted by Gasteiger charge is 1.93. The molecule has 1 aromatic heterocycles. The summed E-state index contributed by atoms with van der Waals surface area (Å²) < 4.78 is 0. The summed E-state index contributed by atoms with van der Waals surface area (Å²) in [5.74, 6) is 0. The summed E-state index contributed by atoms with van der Waals surface area (Å²) >= 11 is 0. The number of hydrogen-bond acceptors (Lipinski definition) is 2. The van der Waals surface area contributed by atoms with Gasteiger partial charge in [-0.15, -0.1) is 0 Å². The molecule has 0 amide bonds. The van der Waals surface area contributed by atoms with E-state index >= 15 is 0 Å². The molecule has 2 heteroatoms. The summed E-state index contributed by atoms with van der Waals surface area (Å²) in [7, 11) is 0. The fourth-order valence-electron chi connectivity index (χ4n) is 0.808. The molecular weight excluding hydrogens is 148 g/mol. The Balaban J connectivity index is 3.04. The number of hydrogen-bond donors (Lipinski definition) is 0. The molecule has 0 aliphatic rings. The van der Waals surface area contributed by atoms with Crippen molar-refractivity contribution >= 4 is 18.0 Å². The lowest BCUT2D eigenvalue weighted by Gasteiger charge is -1.95. The number of nitrogens with zero attached hydrogens (tertiary/aromatic N) is 2. The predicted octanol–water partition coefficient (Wildman–Crippen LogP) is 2.61. The van der Waals surface area contributed by atoms with Crippen LogP contribution in [0.2, 0.25) is 0 Å². The minimum Gasteiger partial charge on any atom is -0.255 e. The molecular formula is C10H10N2. The van der Waals surface area contributed by atoms with Gasteiger partial charge in [-0.05, 0) is 18.2 Å². The Morgan fingerprint density at radius 3 is 2.92 bits per heavy atom. The average Bonchev–Trinajstić information content (AvgIpc) is 2.15. The third-order valence-corrected chi connectivity index (χ3v) is 1.33. The highest BCUT2D eigenvalue weighted by atomic mass is 14.8.